The van der Waals surface area contributed by atoms with E-state index >= 15 is 0 Å². The van der Waals surface area contributed by atoms with Gasteiger partial charge >= 0.3 is 0 Å². The van der Waals surface area contributed by atoms with Crippen LogP contribution in [-0.4, -0.2) is 15.2 Å². The number of azo groups is 1. The predicted molar refractivity (Wildman–Crippen MR) is 109 cm³/mol. The number of aromatic nitrogens is 1. The molecule has 0 bridgehead atoms. The lowest BCUT2D eigenvalue weighted by molar-refractivity contribution is -0.384. The standard InChI is InChI=1S/C16H12IN5O3S/c1-2-15(23)18-14-7-9(17)3-5-13(14)19-20-16-11-8-10(22(24)25)4-6-12(11)21-26-16/h3-8H,2H2,1H3,(H,18,23). The van der Waals surface area contributed by atoms with Gasteiger partial charge in [-0.05, 0) is 58.4 Å². The normalized spacial score (nSPS) is 11.2. The number of rotatable bonds is 5. The van der Waals surface area contributed by atoms with Gasteiger partial charge in [0.05, 0.1) is 16.1 Å². The van der Waals surface area contributed by atoms with Crippen molar-refractivity contribution in [2.75, 3.05) is 5.32 Å². The predicted octanol–water partition coefficient (Wildman–Crippen LogP) is 5.57. The fraction of sp³-hybridized carbons (Fsp3) is 0.125. The number of hydrogen-bond donors (Lipinski definition) is 1. The Morgan fingerprint density at radius 3 is 2.85 bits per heavy atom. The fourth-order valence-corrected chi connectivity index (χ4v) is 3.31. The van der Waals surface area contributed by atoms with Crippen LogP contribution in [0.4, 0.5) is 22.1 Å². The molecule has 1 heterocycles. The van der Waals surface area contributed by atoms with Crippen LogP contribution < -0.4 is 5.32 Å². The third-order valence-electron chi connectivity index (χ3n) is 3.45. The lowest BCUT2D eigenvalue weighted by Gasteiger charge is -2.06. The summed E-state index contributed by atoms with van der Waals surface area (Å²) >= 11 is 3.25. The van der Waals surface area contributed by atoms with Gasteiger partial charge in [-0.3, -0.25) is 14.9 Å². The van der Waals surface area contributed by atoms with Crippen molar-refractivity contribution in [3.8, 4) is 0 Å². The van der Waals surface area contributed by atoms with Gasteiger partial charge in [0.25, 0.3) is 5.69 Å². The van der Waals surface area contributed by atoms with E-state index in [4.69, 9.17) is 0 Å². The second-order valence-electron chi connectivity index (χ2n) is 5.21. The Bertz CT molecular complexity index is 1030. The molecule has 0 saturated heterocycles. The minimum absolute atomic E-state index is 0.0284. The van der Waals surface area contributed by atoms with Gasteiger partial charge in [0, 0.05) is 27.5 Å². The van der Waals surface area contributed by atoms with Gasteiger partial charge in [-0.15, -0.1) is 10.2 Å². The number of nitrogens with zero attached hydrogens (tertiary/aromatic N) is 4. The second kappa shape index (κ2) is 7.83. The number of nitro groups is 1. The topological polar surface area (TPSA) is 110 Å². The molecular weight excluding hydrogens is 469 g/mol. The number of halogens is 1. The molecule has 0 saturated carbocycles. The highest BCUT2D eigenvalue weighted by molar-refractivity contribution is 14.1. The fourth-order valence-electron chi connectivity index (χ4n) is 2.14. The first kappa shape index (κ1) is 18.3. The zero-order valence-corrected chi connectivity index (χ0v) is 16.4. The van der Waals surface area contributed by atoms with Crippen molar-refractivity contribution in [1.82, 2.24) is 4.37 Å². The molecule has 0 aliphatic carbocycles. The van der Waals surface area contributed by atoms with E-state index in [1.807, 2.05) is 6.07 Å². The molecule has 3 rings (SSSR count). The van der Waals surface area contributed by atoms with Crippen LogP contribution in [0.5, 0.6) is 0 Å². The third-order valence-corrected chi connectivity index (χ3v) is 4.89. The number of hydrogen-bond acceptors (Lipinski definition) is 7. The van der Waals surface area contributed by atoms with E-state index in [1.165, 1.54) is 12.1 Å². The average Bonchev–Trinajstić information content (AvgIpc) is 3.03. The Kier molecular flexibility index (Phi) is 5.52. The van der Waals surface area contributed by atoms with Crippen LogP contribution in [0, 0.1) is 13.7 Å². The van der Waals surface area contributed by atoms with Crippen LogP contribution in [0.2, 0.25) is 0 Å². The monoisotopic (exact) mass is 481 g/mol. The molecule has 0 radical (unpaired) electrons. The van der Waals surface area contributed by atoms with Gasteiger partial charge in [0.15, 0.2) is 5.00 Å². The number of nitro benzene ring substituents is 1. The molecule has 0 spiro atoms. The summed E-state index contributed by atoms with van der Waals surface area (Å²) in [6, 6.07) is 9.83. The number of benzene rings is 2. The number of amides is 1. The largest absolute Gasteiger partial charge is 0.324 e. The minimum Gasteiger partial charge on any atom is -0.324 e. The summed E-state index contributed by atoms with van der Waals surface area (Å²) in [5, 5.41) is 23.2. The molecule has 2 aromatic carbocycles. The molecule has 1 aromatic heterocycles. The van der Waals surface area contributed by atoms with E-state index < -0.39 is 4.92 Å². The highest BCUT2D eigenvalue weighted by Crippen LogP contribution is 2.35. The molecule has 10 heteroatoms. The first-order valence-corrected chi connectivity index (χ1v) is 9.38. The summed E-state index contributed by atoms with van der Waals surface area (Å²) < 4.78 is 5.17. The van der Waals surface area contributed by atoms with Crippen molar-refractivity contribution < 1.29 is 9.72 Å². The molecule has 0 aliphatic rings. The molecule has 8 nitrogen and oxygen atoms in total. The average molecular weight is 481 g/mol. The van der Waals surface area contributed by atoms with Crippen molar-refractivity contribution in [1.29, 1.82) is 0 Å². The first-order chi connectivity index (χ1) is 12.5. The Hall–Kier alpha value is -2.47. The highest BCUT2D eigenvalue weighted by Gasteiger charge is 2.12. The minimum atomic E-state index is -0.463. The Morgan fingerprint density at radius 1 is 1.31 bits per heavy atom. The number of nitrogens with one attached hydrogen (secondary N) is 1. The van der Waals surface area contributed by atoms with E-state index in [0.29, 0.717) is 33.7 Å². The second-order valence-corrected chi connectivity index (χ2v) is 7.21. The van der Waals surface area contributed by atoms with Crippen molar-refractivity contribution >= 4 is 73.0 Å². The Morgan fingerprint density at radius 2 is 2.12 bits per heavy atom. The SMILES string of the molecule is CCC(=O)Nc1cc(I)ccc1N=Nc1snc2ccc([N+](=O)[O-])cc12. The van der Waals surface area contributed by atoms with Crippen molar-refractivity contribution in [2.24, 2.45) is 10.2 Å². The first-order valence-electron chi connectivity index (χ1n) is 7.53. The zero-order valence-electron chi connectivity index (χ0n) is 13.5. The summed E-state index contributed by atoms with van der Waals surface area (Å²) in [5.74, 6) is -0.123. The molecule has 0 unspecified atom stereocenters. The van der Waals surface area contributed by atoms with Gasteiger partial charge in [-0.1, -0.05) is 6.92 Å². The van der Waals surface area contributed by atoms with Crippen molar-refractivity contribution in [2.45, 2.75) is 13.3 Å². The number of fused-ring (bicyclic) bond motifs is 1. The van der Waals surface area contributed by atoms with E-state index in [9.17, 15) is 14.9 Å². The number of anilines is 1. The molecule has 0 aliphatic heterocycles. The molecule has 132 valence electrons. The smallest absolute Gasteiger partial charge is 0.270 e. The van der Waals surface area contributed by atoms with E-state index in [-0.39, 0.29) is 11.6 Å². The summed E-state index contributed by atoms with van der Waals surface area (Å²) in [6.07, 6.45) is 0.352. The van der Waals surface area contributed by atoms with E-state index in [1.54, 1.807) is 25.1 Å². The molecule has 1 N–H and O–H groups in total. The van der Waals surface area contributed by atoms with Gasteiger partial charge < -0.3 is 5.32 Å². The lowest BCUT2D eigenvalue weighted by atomic mass is 10.2. The van der Waals surface area contributed by atoms with Crippen molar-refractivity contribution in [3.63, 3.8) is 0 Å². The van der Waals surface area contributed by atoms with E-state index in [2.05, 4.69) is 42.5 Å². The maximum Gasteiger partial charge on any atom is 0.270 e. The summed E-state index contributed by atoms with van der Waals surface area (Å²) in [5.41, 5.74) is 1.66. The van der Waals surface area contributed by atoms with Crippen LogP contribution >= 0.6 is 34.1 Å². The summed E-state index contributed by atoms with van der Waals surface area (Å²) in [7, 11) is 0. The highest BCUT2D eigenvalue weighted by atomic mass is 127. The number of carbonyl (C=O) groups is 1. The Balaban J connectivity index is 1.97. The maximum absolute atomic E-state index is 11.7. The molecule has 26 heavy (non-hydrogen) atoms. The van der Waals surface area contributed by atoms with Crippen LogP contribution in [0.25, 0.3) is 10.9 Å². The molecule has 3 aromatic rings. The van der Waals surface area contributed by atoms with Gasteiger partial charge in [-0.25, -0.2) is 0 Å². The quantitative estimate of drug-likeness (QED) is 0.222. The Labute approximate surface area is 165 Å². The zero-order chi connectivity index (χ0) is 18.7. The molecular formula is C16H12IN5O3S. The third kappa shape index (κ3) is 4.02. The molecule has 0 fully saturated rings. The molecule has 0 atom stereocenters. The molecule has 1 amide bonds. The lowest BCUT2D eigenvalue weighted by Crippen LogP contribution is -2.09. The van der Waals surface area contributed by atoms with Gasteiger partial charge in [0.2, 0.25) is 5.91 Å². The van der Waals surface area contributed by atoms with Gasteiger partial charge in [0.1, 0.15) is 5.69 Å². The number of non-ortho nitro benzene ring substituents is 1. The van der Waals surface area contributed by atoms with E-state index in [0.717, 1.165) is 15.1 Å². The van der Waals surface area contributed by atoms with Crippen molar-refractivity contribution in [3.05, 3.63) is 50.1 Å². The van der Waals surface area contributed by atoms with Crippen LogP contribution in [0.3, 0.4) is 0 Å². The van der Waals surface area contributed by atoms with Crippen LogP contribution in [0.1, 0.15) is 13.3 Å². The summed E-state index contributed by atoms with van der Waals surface area (Å²) in [6.45, 7) is 1.76. The van der Waals surface area contributed by atoms with Crippen LogP contribution in [-0.2, 0) is 4.79 Å². The van der Waals surface area contributed by atoms with Gasteiger partial charge in [-0.2, -0.15) is 4.37 Å². The number of carbonyl (C=O) groups excluding carboxylic acids is 1. The summed E-state index contributed by atoms with van der Waals surface area (Å²) in [4.78, 5) is 22.2. The van der Waals surface area contributed by atoms with Crippen LogP contribution in [0.15, 0.2) is 46.6 Å². The maximum atomic E-state index is 11.7.